The predicted octanol–water partition coefficient (Wildman–Crippen LogP) is 1.58. The molecule has 0 saturated heterocycles. The Bertz CT molecular complexity index is 705. The summed E-state index contributed by atoms with van der Waals surface area (Å²) in [7, 11) is 1.54. The first kappa shape index (κ1) is 15.2. The van der Waals surface area contributed by atoms with E-state index in [1.807, 2.05) is 0 Å². The minimum absolute atomic E-state index is 0.0457. The highest BCUT2D eigenvalue weighted by Crippen LogP contribution is 2.35. The Balaban J connectivity index is 2.07. The molecule has 0 radical (unpaired) electrons. The largest absolute Gasteiger partial charge is 0.504 e. The molecular formula is C15H14N2O5. The number of methoxy groups -OCH3 is 1. The first-order chi connectivity index (χ1) is 10.5. The maximum absolute atomic E-state index is 11.8. The average Bonchev–Trinajstić information content (AvgIpc) is 2.52. The lowest BCUT2D eigenvalue weighted by molar-refractivity contribution is 0.0954. The van der Waals surface area contributed by atoms with Gasteiger partial charge in [0.1, 0.15) is 5.75 Å². The quantitative estimate of drug-likeness (QED) is 0.389. The number of hydrazone groups is 1. The van der Waals surface area contributed by atoms with Crippen LogP contribution < -0.4 is 10.2 Å². The number of carbonyl (C=O) groups is 1. The second kappa shape index (κ2) is 6.49. The summed E-state index contributed by atoms with van der Waals surface area (Å²) in [6.07, 6.45) is 1.42. The number of amides is 1. The number of carbonyl (C=O) groups excluding carboxylic acids is 1. The van der Waals surface area contributed by atoms with Gasteiger partial charge in [-0.15, -0.1) is 0 Å². The van der Waals surface area contributed by atoms with E-state index in [-0.39, 0.29) is 5.56 Å². The lowest BCUT2D eigenvalue weighted by Gasteiger charge is -2.04. The third-order valence-corrected chi connectivity index (χ3v) is 2.81. The fraction of sp³-hybridized carbons (Fsp3) is 0.0667. The molecule has 22 heavy (non-hydrogen) atoms. The molecule has 2 rings (SSSR count). The molecule has 0 saturated carbocycles. The van der Waals surface area contributed by atoms with Crippen LogP contribution in [-0.2, 0) is 0 Å². The Morgan fingerprint density at radius 3 is 2.50 bits per heavy atom. The second-order valence-corrected chi connectivity index (χ2v) is 4.34. The monoisotopic (exact) mass is 302 g/mol. The smallest absolute Gasteiger partial charge is 0.271 e. The Kier molecular flexibility index (Phi) is 4.47. The number of phenolic OH excluding ortho intramolecular Hbond substituents is 3. The molecule has 0 fully saturated rings. The summed E-state index contributed by atoms with van der Waals surface area (Å²) in [5.74, 6) is -1.87. The van der Waals surface area contributed by atoms with Crippen LogP contribution in [0.3, 0.4) is 0 Å². The lowest BCUT2D eigenvalue weighted by Crippen LogP contribution is -2.17. The molecule has 0 aromatic heterocycles. The summed E-state index contributed by atoms with van der Waals surface area (Å²) in [4.78, 5) is 11.8. The molecule has 0 aliphatic carbocycles. The molecule has 0 atom stereocenters. The van der Waals surface area contributed by atoms with Crippen molar-refractivity contribution in [2.45, 2.75) is 0 Å². The molecular weight excluding hydrogens is 288 g/mol. The normalized spacial score (nSPS) is 10.6. The van der Waals surface area contributed by atoms with E-state index in [0.717, 1.165) is 17.7 Å². The topological polar surface area (TPSA) is 111 Å². The predicted molar refractivity (Wildman–Crippen MR) is 79.5 cm³/mol. The summed E-state index contributed by atoms with van der Waals surface area (Å²) in [6.45, 7) is 0. The highest BCUT2D eigenvalue weighted by molar-refractivity contribution is 5.96. The molecule has 7 heteroatoms. The van der Waals surface area contributed by atoms with Gasteiger partial charge in [0.15, 0.2) is 17.2 Å². The summed E-state index contributed by atoms with van der Waals surface area (Å²) in [5, 5.41) is 31.7. The number of hydrogen-bond acceptors (Lipinski definition) is 6. The molecule has 4 N–H and O–H groups in total. The summed E-state index contributed by atoms with van der Waals surface area (Å²) >= 11 is 0. The molecule has 0 bridgehead atoms. The Hall–Kier alpha value is -3.22. The molecule has 0 aliphatic rings. The van der Waals surface area contributed by atoms with E-state index in [1.54, 1.807) is 31.4 Å². The highest BCUT2D eigenvalue weighted by atomic mass is 16.5. The number of phenols is 3. The molecule has 0 heterocycles. The Morgan fingerprint density at radius 2 is 1.86 bits per heavy atom. The number of nitrogens with one attached hydrogen (secondary N) is 1. The molecule has 0 unspecified atom stereocenters. The van der Waals surface area contributed by atoms with Crippen LogP contribution in [0.25, 0.3) is 0 Å². The number of rotatable bonds is 4. The van der Waals surface area contributed by atoms with Gasteiger partial charge in [-0.2, -0.15) is 5.10 Å². The number of ether oxygens (including phenoxy) is 1. The fourth-order valence-electron chi connectivity index (χ4n) is 1.69. The van der Waals surface area contributed by atoms with Gasteiger partial charge in [-0.3, -0.25) is 4.79 Å². The van der Waals surface area contributed by atoms with Crippen molar-refractivity contribution < 1.29 is 24.9 Å². The summed E-state index contributed by atoms with van der Waals surface area (Å²) in [6, 6.07) is 9.09. The minimum Gasteiger partial charge on any atom is -0.504 e. The van der Waals surface area contributed by atoms with Crippen LogP contribution in [0.5, 0.6) is 23.0 Å². The number of hydrogen-bond donors (Lipinski definition) is 4. The van der Waals surface area contributed by atoms with Crippen LogP contribution in [-0.4, -0.2) is 34.6 Å². The van der Waals surface area contributed by atoms with Crippen molar-refractivity contribution in [2.24, 2.45) is 5.10 Å². The zero-order valence-corrected chi connectivity index (χ0v) is 11.6. The number of benzene rings is 2. The van der Waals surface area contributed by atoms with Gasteiger partial charge in [0, 0.05) is 5.56 Å². The van der Waals surface area contributed by atoms with Gasteiger partial charge in [0.2, 0.25) is 0 Å². The third-order valence-electron chi connectivity index (χ3n) is 2.81. The first-order valence-corrected chi connectivity index (χ1v) is 6.23. The van der Waals surface area contributed by atoms with Crippen molar-refractivity contribution in [2.75, 3.05) is 7.11 Å². The van der Waals surface area contributed by atoms with E-state index >= 15 is 0 Å². The van der Waals surface area contributed by atoms with E-state index in [9.17, 15) is 20.1 Å². The third kappa shape index (κ3) is 3.45. The molecule has 114 valence electrons. The van der Waals surface area contributed by atoms with Crippen molar-refractivity contribution in [3.05, 3.63) is 47.5 Å². The first-order valence-electron chi connectivity index (χ1n) is 6.23. The van der Waals surface area contributed by atoms with Gasteiger partial charge >= 0.3 is 0 Å². The van der Waals surface area contributed by atoms with Crippen molar-refractivity contribution in [3.8, 4) is 23.0 Å². The number of aromatic hydroxyl groups is 3. The van der Waals surface area contributed by atoms with Crippen LogP contribution in [0, 0.1) is 0 Å². The molecule has 2 aromatic carbocycles. The van der Waals surface area contributed by atoms with Crippen LogP contribution in [0.1, 0.15) is 15.9 Å². The van der Waals surface area contributed by atoms with Crippen molar-refractivity contribution in [3.63, 3.8) is 0 Å². The lowest BCUT2D eigenvalue weighted by atomic mass is 10.2. The molecule has 0 spiro atoms. The molecule has 2 aromatic rings. The van der Waals surface area contributed by atoms with E-state index in [4.69, 9.17) is 4.74 Å². The fourth-order valence-corrected chi connectivity index (χ4v) is 1.69. The SMILES string of the molecule is COc1cccc(/C=N\NC(=O)c2cc(O)c(O)c(O)c2)c1. The Labute approximate surface area is 126 Å². The number of nitrogens with zero attached hydrogens (tertiary/aromatic N) is 1. The minimum atomic E-state index is -0.684. The van der Waals surface area contributed by atoms with Gasteiger partial charge in [-0.25, -0.2) is 5.43 Å². The van der Waals surface area contributed by atoms with E-state index in [1.165, 1.54) is 6.21 Å². The highest BCUT2D eigenvalue weighted by Gasteiger charge is 2.12. The van der Waals surface area contributed by atoms with Crippen LogP contribution in [0.15, 0.2) is 41.5 Å². The molecule has 0 aliphatic heterocycles. The van der Waals surface area contributed by atoms with Crippen molar-refractivity contribution >= 4 is 12.1 Å². The van der Waals surface area contributed by atoms with Crippen molar-refractivity contribution in [1.82, 2.24) is 5.43 Å². The van der Waals surface area contributed by atoms with Crippen molar-refractivity contribution in [1.29, 1.82) is 0 Å². The summed E-state index contributed by atoms with van der Waals surface area (Å²) in [5.41, 5.74) is 2.92. The zero-order valence-electron chi connectivity index (χ0n) is 11.6. The van der Waals surface area contributed by atoms with Gasteiger partial charge in [-0.1, -0.05) is 12.1 Å². The van der Waals surface area contributed by atoms with E-state index in [0.29, 0.717) is 5.75 Å². The van der Waals surface area contributed by atoms with Gasteiger partial charge in [-0.05, 0) is 29.8 Å². The molecule has 1 amide bonds. The van der Waals surface area contributed by atoms with E-state index < -0.39 is 23.2 Å². The maximum atomic E-state index is 11.8. The molecule has 7 nitrogen and oxygen atoms in total. The van der Waals surface area contributed by atoms with Gasteiger partial charge in [0.25, 0.3) is 5.91 Å². The van der Waals surface area contributed by atoms with Crippen LogP contribution >= 0.6 is 0 Å². The van der Waals surface area contributed by atoms with Crippen LogP contribution in [0.2, 0.25) is 0 Å². The average molecular weight is 302 g/mol. The van der Waals surface area contributed by atoms with Gasteiger partial charge in [0.05, 0.1) is 13.3 Å². The van der Waals surface area contributed by atoms with E-state index in [2.05, 4.69) is 10.5 Å². The summed E-state index contributed by atoms with van der Waals surface area (Å²) < 4.78 is 5.06. The second-order valence-electron chi connectivity index (χ2n) is 4.34. The standard InChI is InChI=1S/C15H14N2O5/c1-22-11-4-2-3-9(5-11)8-16-17-15(21)10-6-12(18)14(20)13(19)7-10/h2-8,18-20H,1H3,(H,17,21)/b16-8-. The Morgan fingerprint density at radius 1 is 1.18 bits per heavy atom. The zero-order chi connectivity index (χ0) is 16.1. The van der Waals surface area contributed by atoms with Gasteiger partial charge < -0.3 is 20.1 Å². The van der Waals surface area contributed by atoms with Crippen LogP contribution in [0.4, 0.5) is 0 Å². The maximum Gasteiger partial charge on any atom is 0.271 e.